The third-order valence-electron chi connectivity index (χ3n) is 9.03. The molecule has 0 atom stereocenters. The number of unbranched alkanes of at least 4 members (excludes halogenated alkanes) is 16. The average Bonchev–Trinajstić information content (AvgIpc) is 3.57. The van der Waals surface area contributed by atoms with Crippen molar-refractivity contribution < 1.29 is 0 Å². The summed E-state index contributed by atoms with van der Waals surface area (Å²) in [5, 5.41) is 1.26. The number of aryl methyl sites for hydroxylation is 2. The molecule has 0 amide bonds. The van der Waals surface area contributed by atoms with Crippen molar-refractivity contribution in [2.75, 3.05) is 0 Å². The zero-order valence-electron chi connectivity index (χ0n) is 25.9. The topological polar surface area (TPSA) is 43.0 Å². The molecule has 42 heavy (non-hydrogen) atoms. The Bertz CT molecular complexity index is 1420. The van der Waals surface area contributed by atoms with Crippen molar-refractivity contribution in [1.29, 1.82) is 0 Å². The molecule has 0 saturated heterocycles. The predicted molar refractivity (Wildman–Crippen MR) is 187 cm³/mol. The molecule has 4 nitrogen and oxygen atoms in total. The molecule has 0 aliphatic rings. The zero-order valence-corrected chi connectivity index (χ0v) is 29.1. The minimum atomic E-state index is -0.0736. The summed E-state index contributed by atoms with van der Waals surface area (Å²) in [4.78, 5) is 28.2. The van der Waals surface area contributed by atoms with Gasteiger partial charge in [0.25, 0.3) is 11.1 Å². The van der Waals surface area contributed by atoms with Gasteiger partial charge < -0.3 is 0 Å². The van der Waals surface area contributed by atoms with Gasteiger partial charge in [0.05, 0.1) is 31.0 Å². The summed E-state index contributed by atoms with van der Waals surface area (Å²) >= 11 is 7.28. The molecule has 4 aromatic heterocycles. The summed E-state index contributed by atoms with van der Waals surface area (Å²) in [6.45, 7) is 4.52. The van der Waals surface area contributed by atoms with E-state index >= 15 is 0 Å². The number of rotatable bonds is 20. The molecular weight excluding hydrogens is 652 g/mol. The normalized spacial score (nSPS) is 12.0. The molecule has 0 unspecified atom stereocenters. The van der Waals surface area contributed by atoms with E-state index in [0.29, 0.717) is 10.8 Å². The number of aromatic nitrogens is 2. The van der Waals surface area contributed by atoms with Crippen molar-refractivity contribution in [3.05, 3.63) is 65.3 Å². The molecule has 230 valence electrons. The lowest BCUT2D eigenvalue weighted by molar-refractivity contribution is 0.565. The average molecular weight is 703 g/mol. The fourth-order valence-corrected chi connectivity index (χ4v) is 7.66. The van der Waals surface area contributed by atoms with E-state index in [1.165, 1.54) is 89.9 Å². The Morgan fingerprint density at radius 3 is 1.12 bits per heavy atom. The Morgan fingerprint density at radius 1 is 0.476 bits per heavy atom. The van der Waals surface area contributed by atoms with Gasteiger partial charge in [-0.15, -0.1) is 0 Å². The number of fused-ring (bicyclic) bond motifs is 3. The van der Waals surface area contributed by atoms with E-state index in [1.54, 1.807) is 8.80 Å². The van der Waals surface area contributed by atoms with E-state index < -0.39 is 0 Å². The first kappa shape index (κ1) is 33.2. The lowest BCUT2D eigenvalue weighted by Gasteiger charge is -2.15. The third kappa shape index (κ3) is 7.88. The number of halogens is 2. The maximum atomic E-state index is 14.1. The van der Waals surface area contributed by atoms with Crippen molar-refractivity contribution in [2.24, 2.45) is 0 Å². The highest BCUT2D eigenvalue weighted by Crippen LogP contribution is 2.31. The van der Waals surface area contributed by atoms with Crippen LogP contribution in [0.2, 0.25) is 0 Å². The summed E-state index contributed by atoms with van der Waals surface area (Å²) in [5.74, 6) is 0. The smallest absolute Gasteiger partial charge is 0.264 e. The lowest BCUT2D eigenvalue weighted by Crippen LogP contribution is -2.24. The van der Waals surface area contributed by atoms with Gasteiger partial charge in [-0.1, -0.05) is 117 Å². The molecule has 0 spiro atoms. The van der Waals surface area contributed by atoms with E-state index in [1.807, 2.05) is 24.3 Å². The fourth-order valence-electron chi connectivity index (χ4n) is 6.69. The highest BCUT2D eigenvalue weighted by Gasteiger charge is 2.23. The number of hydrogen-bond donors (Lipinski definition) is 0. The van der Waals surface area contributed by atoms with Gasteiger partial charge in [0.1, 0.15) is 0 Å². The SMILES string of the molecule is CCCCCCCCCCCc1c2c(=O)n3c(Br)ccc3c(CCCCCCCCCCC)c2c(=O)n2c(Br)ccc12. The van der Waals surface area contributed by atoms with Crippen LogP contribution in [0.1, 0.15) is 141 Å². The quantitative estimate of drug-likeness (QED) is 0.0861. The van der Waals surface area contributed by atoms with E-state index in [9.17, 15) is 9.59 Å². The van der Waals surface area contributed by atoms with Gasteiger partial charge in [0, 0.05) is 0 Å². The molecule has 0 fully saturated rings. The van der Waals surface area contributed by atoms with Crippen LogP contribution in [-0.4, -0.2) is 8.80 Å². The summed E-state index contributed by atoms with van der Waals surface area (Å²) in [6.07, 6.45) is 24.3. The van der Waals surface area contributed by atoms with Crippen molar-refractivity contribution in [1.82, 2.24) is 8.80 Å². The second-order valence-electron chi connectivity index (χ2n) is 12.2. The molecule has 0 aliphatic carbocycles. The first-order valence-electron chi connectivity index (χ1n) is 16.8. The monoisotopic (exact) mass is 700 g/mol. The molecule has 0 aliphatic heterocycles. The molecule has 4 heterocycles. The number of nitrogens with zero attached hydrogens (tertiary/aromatic N) is 2. The van der Waals surface area contributed by atoms with Gasteiger partial charge in [0.15, 0.2) is 0 Å². The largest absolute Gasteiger partial charge is 0.270 e. The minimum absolute atomic E-state index is 0.0736. The molecule has 0 aromatic carbocycles. The van der Waals surface area contributed by atoms with Crippen molar-refractivity contribution in [3.63, 3.8) is 0 Å². The molecule has 0 bridgehead atoms. The Hall–Kier alpha value is -1.66. The number of pyridine rings is 2. The van der Waals surface area contributed by atoms with E-state index in [0.717, 1.165) is 69.9 Å². The molecule has 0 radical (unpaired) electrons. The van der Waals surface area contributed by atoms with Crippen LogP contribution < -0.4 is 11.1 Å². The number of hydrogen-bond acceptors (Lipinski definition) is 2. The Morgan fingerprint density at radius 2 is 0.786 bits per heavy atom. The maximum absolute atomic E-state index is 14.1. The standard InChI is InChI=1S/C36H50Br2N2O2/c1-3-5-7-9-11-13-15-17-19-21-27-29-23-25-31(37)39(29)36(42)34-28(22-20-18-16-14-12-10-8-6-4-2)30-24-26-32(38)40(30)35(41)33(27)34/h23-26H,3-22H2,1-2H3. The minimum Gasteiger partial charge on any atom is -0.270 e. The molecule has 4 aromatic rings. The second kappa shape index (κ2) is 17.0. The summed E-state index contributed by atoms with van der Waals surface area (Å²) in [6, 6.07) is 7.90. The molecule has 4 rings (SSSR count). The van der Waals surface area contributed by atoms with Crippen LogP contribution in [0, 0.1) is 0 Å². The highest BCUT2D eigenvalue weighted by molar-refractivity contribution is 9.10. The van der Waals surface area contributed by atoms with Gasteiger partial charge in [0.2, 0.25) is 0 Å². The van der Waals surface area contributed by atoms with Crippen LogP contribution in [0.15, 0.2) is 43.1 Å². The maximum Gasteiger partial charge on any atom is 0.264 e. The second-order valence-corrected chi connectivity index (χ2v) is 13.9. The summed E-state index contributed by atoms with van der Waals surface area (Å²) in [7, 11) is 0. The molecule has 0 saturated carbocycles. The lowest BCUT2D eigenvalue weighted by atomic mass is 9.95. The Labute approximate surface area is 268 Å². The molecule has 6 heteroatoms. The van der Waals surface area contributed by atoms with Gasteiger partial charge >= 0.3 is 0 Å². The van der Waals surface area contributed by atoms with Crippen LogP contribution >= 0.6 is 31.9 Å². The molecule has 0 N–H and O–H groups in total. The third-order valence-corrected chi connectivity index (χ3v) is 10.3. The van der Waals surface area contributed by atoms with Crippen LogP contribution in [-0.2, 0) is 12.8 Å². The van der Waals surface area contributed by atoms with Crippen LogP contribution in [0.4, 0.5) is 0 Å². The van der Waals surface area contributed by atoms with Crippen molar-refractivity contribution in [2.45, 2.75) is 142 Å². The van der Waals surface area contributed by atoms with Crippen molar-refractivity contribution >= 4 is 53.7 Å². The van der Waals surface area contributed by atoms with Crippen molar-refractivity contribution in [3.8, 4) is 0 Å². The van der Waals surface area contributed by atoms with Crippen LogP contribution in [0.25, 0.3) is 21.8 Å². The zero-order chi connectivity index (χ0) is 29.9. The van der Waals surface area contributed by atoms with E-state index in [2.05, 4.69) is 45.7 Å². The summed E-state index contributed by atoms with van der Waals surface area (Å²) < 4.78 is 5.10. The predicted octanol–water partition coefficient (Wildman–Crippen LogP) is 11.2. The molecular formula is C36H50Br2N2O2. The van der Waals surface area contributed by atoms with Gasteiger partial charge in [-0.2, -0.15) is 0 Å². The van der Waals surface area contributed by atoms with Gasteiger partial charge in [-0.25, -0.2) is 0 Å². The van der Waals surface area contributed by atoms with E-state index in [4.69, 9.17) is 0 Å². The first-order chi connectivity index (χ1) is 20.5. The van der Waals surface area contributed by atoms with Gasteiger partial charge in [-0.3, -0.25) is 18.4 Å². The fraction of sp³-hybridized carbons (Fsp3) is 0.611. The first-order valence-corrected chi connectivity index (χ1v) is 18.4. The van der Waals surface area contributed by atoms with Crippen LogP contribution in [0.5, 0.6) is 0 Å². The van der Waals surface area contributed by atoms with Crippen LogP contribution in [0.3, 0.4) is 0 Å². The Balaban J connectivity index is 1.59. The van der Waals surface area contributed by atoms with Gasteiger partial charge in [-0.05, 0) is 92.9 Å². The van der Waals surface area contributed by atoms with E-state index in [-0.39, 0.29) is 11.1 Å². The summed E-state index contributed by atoms with van der Waals surface area (Å²) in [5.41, 5.74) is 3.64. The highest BCUT2D eigenvalue weighted by atomic mass is 79.9. The Kier molecular flexibility index (Phi) is 13.4.